The first-order valence-electron chi connectivity index (χ1n) is 4.83. The van der Waals surface area contributed by atoms with Gasteiger partial charge in [-0.3, -0.25) is 0 Å². The number of hydrogen-bond donors (Lipinski definition) is 1. The molecule has 0 radical (unpaired) electrons. The molecule has 0 saturated heterocycles. The van der Waals surface area contributed by atoms with E-state index in [-0.39, 0.29) is 6.04 Å². The van der Waals surface area contributed by atoms with Gasteiger partial charge >= 0.3 is 0 Å². The molecule has 2 rings (SSSR count). The van der Waals surface area contributed by atoms with Gasteiger partial charge in [0.15, 0.2) is 0 Å². The fourth-order valence-corrected chi connectivity index (χ4v) is 1.44. The Bertz CT molecular complexity index is 278. The monoisotopic (exact) mass is 181 g/mol. The van der Waals surface area contributed by atoms with E-state index in [1.165, 1.54) is 19.3 Å². The number of aromatic nitrogens is 2. The van der Waals surface area contributed by atoms with Gasteiger partial charge in [-0.1, -0.05) is 6.42 Å². The van der Waals surface area contributed by atoms with Crippen molar-refractivity contribution >= 4 is 0 Å². The minimum atomic E-state index is 0.0923. The van der Waals surface area contributed by atoms with Crippen LogP contribution in [0.4, 0.5) is 0 Å². The standard InChI is InChI=1S/C9H15N3O/c1-6(10)5-8-11-12-9(13-8)7-3-2-4-7/h6-7H,2-5,10H2,1H3. The summed E-state index contributed by atoms with van der Waals surface area (Å²) in [5.74, 6) is 2.01. The Morgan fingerprint density at radius 1 is 1.54 bits per heavy atom. The van der Waals surface area contributed by atoms with Crippen molar-refractivity contribution in [2.24, 2.45) is 5.73 Å². The lowest BCUT2D eigenvalue weighted by Gasteiger charge is -2.20. The van der Waals surface area contributed by atoms with Crippen LogP contribution >= 0.6 is 0 Å². The van der Waals surface area contributed by atoms with Crippen LogP contribution in [0, 0.1) is 0 Å². The molecule has 1 fully saturated rings. The van der Waals surface area contributed by atoms with Gasteiger partial charge in [0.05, 0.1) is 0 Å². The Hall–Kier alpha value is -0.900. The van der Waals surface area contributed by atoms with Gasteiger partial charge < -0.3 is 10.2 Å². The summed E-state index contributed by atoms with van der Waals surface area (Å²) < 4.78 is 5.50. The Labute approximate surface area is 77.5 Å². The zero-order chi connectivity index (χ0) is 9.26. The molecule has 4 heteroatoms. The van der Waals surface area contributed by atoms with Crippen LogP contribution in [-0.4, -0.2) is 16.2 Å². The molecule has 1 aliphatic carbocycles. The molecular formula is C9H15N3O. The van der Waals surface area contributed by atoms with E-state index in [0.29, 0.717) is 18.2 Å². The van der Waals surface area contributed by atoms with Crippen molar-refractivity contribution in [3.05, 3.63) is 11.8 Å². The van der Waals surface area contributed by atoms with Crippen LogP contribution in [-0.2, 0) is 6.42 Å². The highest BCUT2D eigenvalue weighted by Gasteiger charge is 2.25. The van der Waals surface area contributed by atoms with Crippen LogP contribution in [0.15, 0.2) is 4.42 Å². The lowest BCUT2D eigenvalue weighted by Crippen LogP contribution is -2.17. The van der Waals surface area contributed by atoms with Crippen LogP contribution in [0.5, 0.6) is 0 Å². The molecular weight excluding hydrogens is 166 g/mol. The van der Waals surface area contributed by atoms with Gasteiger partial charge in [0.1, 0.15) is 0 Å². The predicted molar refractivity (Wildman–Crippen MR) is 48.2 cm³/mol. The topological polar surface area (TPSA) is 64.9 Å². The minimum Gasteiger partial charge on any atom is -0.425 e. The number of nitrogens with zero attached hydrogens (tertiary/aromatic N) is 2. The first-order valence-corrected chi connectivity index (χ1v) is 4.83. The van der Waals surface area contributed by atoms with Crippen LogP contribution in [0.2, 0.25) is 0 Å². The lowest BCUT2D eigenvalue weighted by molar-refractivity contribution is 0.323. The molecule has 0 aromatic carbocycles. The van der Waals surface area contributed by atoms with Gasteiger partial charge in [0.25, 0.3) is 0 Å². The molecule has 0 bridgehead atoms. The molecule has 1 aliphatic rings. The van der Waals surface area contributed by atoms with E-state index in [1.807, 2.05) is 6.92 Å². The molecule has 72 valence electrons. The normalized spacial score (nSPS) is 19.8. The molecule has 2 N–H and O–H groups in total. The van der Waals surface area contributed by atoms with Gasteiger partial charge in [-0.05, 0) is 19.8 Å². The second-order valence-electron chi connectivity index (χ2n) is 3.84. The molecule has 0 spiro atoms. The van der Waals surface area contributed by atoms with E-state index in [9.17, 15) is 0 Å². The highest BCUT2D eigenvalue weighted by atomic mass is 16.4. The van der Waals surface area contributed by atoms with E-state index in [2.05, 4.69) is 10.2 Å². The van der Waals surface area contributed by atoms with E-state index in [0.717, 1.165) is 5.89 Å². The summed E-state index contributed by atoms with van der Waals surface area (Å²) in [6.45, 7) is 1.94. The van der Waals surface area contributed by atoms with Gasteiger partial charge in [-0.15, -0.1) is 10.2 Å². The second-order valence-corrected chi connectivity index (χ2v) is 3.84. The van der Waals surface area contributed by atoms with Gasteiger partial charge in [0.2, 0.25) is 11.8 Å². The molecule has 0 amide bonds. The van der Waals surface area contributed by atoms with E-state index in [4.69, 9.17) is 10.2 Å². The average Bonchev–Trinajstić information content (AvgIpc) is 2.31. The molecule has 1 saturated carbocycles. The molecule has 13 heavy (non-hydrogen) atoms. The lowest BCUT2D eigenvalue weighted by atomic mass is 9.85. The second kappa shape index (κ2) is 3.46. The zero-order valence-corrected chi connectivity index (χ0v) is 7.86. The van der Waals surface area contributed by atoms with E-state index >= 15 is 0 Å². The van der Waals surface area contributed by atoms with Crippen LogP contribution in [0.25, 0.3) is 0 Å². The average molecular weight is 181 g/mol. The summed E-state index contributed by atoms with van der Waals surface area (Å²) in [5.41, 5.74) is 5.63. The summed E-state index contributed by atoms with van der Waals surface area (Å²) in [5, 5.41) is 7.98. The maximum atomic E-state index is 5.63. The van der Waals surface area contributed by atoms with Crippen molar-refractivity contribution in [2.75, 3.05) is 0 Å². The van der Waals surface area contributed by atoms with Crippen LogP contribution in [0.1, 0.15) is 43.9 Å². The SMILES string of the molecule is CC(N)Cc1nnc(C2CCC2)o1. The van der Waals surface area contributed by atoms with Crippen molar-refractivity contribution in [2.45, 2.75) is 44.6 Å². The molecule has 1 unspecified atom stereocenters. The predicted octanol–water partition coefficient (Wildman–Crippen LogP) is 1.23. The Balaban J connectivity index is 2.00. The smallest absolute Gasteiger partial charge is 0.219 e. The number of hydrogen-bond acceptors (Lipinski definition) is 4. The largest absolute Gasteiger partial charge is 0.425 e. The Morgan fingerprint density at radius 3 is 2.85 bits per heavy atom. The van der Waals surface area contributed by atoms with Crippen molar-refractivity contribution < 1.29 is 4.42 Å². The fraction of sp³-hybridized carbons (Fsp3) is 0.778. The van der Waals surface area contributed by atoms with Gasteiger partial charge in [-0.2, -0.15) is 0 Å². The molecule has 0 aliphatic heterocycles. The minimum absolute atomic E-state index is 0.0923. The molecule has 1 aromatic heterocycles. The zero-order valence-electron chi connectivity index (χ0n) is 7.86. The van der Waals surface area contributed by atoms with Crippen LogP contribution < -0.4 is 5.73 Å². The van der Waals surface area contributed by atoms with E-state index < -0.39 is 0 Å². The maximum absolute atomic E-state index is 5.63. The molecule has 1 atom stereocenters. The summed E-state index contributed by atoms with van der Waals surface area (Å²) in [6, 6.07) is 0.0923. The highest BCUT2D eigenvalue weighted by molar-refractivity contribution is 4.96. The Kier molecular flexibility index (Phi) is 2.31. The van der Waals surface area contributed by atoms with Crippen molar-refractivity contribution in [3.63, 3.8) is 0 Å². The quantitative estimate of drug-likeness (QED) is 0.761. The Morgan fingerprint density at radius 2 is 2.31 bits per heavy atom. The summed E-state index contributed by atoms with van der Waals surface area (Å²) in [4.78, 5) is 0. The van der Waals surface area contributed by atoms with Crippen LogP contribution in [0.3, 0.4) is 0 Å². The van der Waals surface area contributed by atoms with Gasteiger partial charge in [0, 0.05) is 18.4 Å². The summed E-state index contributed by atoms with van der Waals surface area (Å²) in [6.07, 6.45) is 4.36. The summed E-state index contributed by atoms with van der Waals surface area (Å²) >= 11 is 0. The third-order valence-corrected chi connectivity index (χ3v) is 2.43. The third-order valence-electron chi connectivity index (χ3n) is 2.43. The molecule has 4 nitrogen and oxygen atoms in total. The summed E-state index contributed by atoms with van der Waals surface area (Å²) in [7, 11) is 0. The molecule has 1 aromatic rings. The molecule has 1 heterocycles. The number of nitrogens with two attached hydrogens (primary N) is 1. The first-order chi connectivity index (χ1) is 6.25. The highest BCUT2D eigenvalue weighted by Crippen LogP contribution is 2.35. The number of rotatable bonds is 3. The van der Waals surface area contributed by atoms with E-state index in [1.54, 1.807) is 0 Å². The van der Waals surface area contributed by atoms with Crippen molar-refractivity contribution in [1.82, 2.24) is 10.2 Å². The fourth-order valence-electron chi connectivity index (χ4n) is 1.44. The van der Waals surface area contributed by atoms with Crippen molar-refractivity contribution in [1.29, 1.82) is 0 Å². The first kappa shape index (κ1) is 8.69. The van der Waals surface area contributed by atoms with Crippen molar-refractivity contribution in [3.8, 4) is 0 Å². The maximum Gasteiger partial charge on any atom is 0.219 e. The van der Waals surface area contributed by atoms with Gasteiger partial charge in [-0.25, -0.2) is 0 Å². The third kappa shape index (κ3) is 1.88.